The second-order valence-corrected chi connectivity index (χ2v) is 14.3. The molecule has 0 aromatic carbocycles. The number of hydrogen-bond donors (Lipinski definition) is 1. The highest BCUT2D eigenvalue weighted by atomic mass is 28.4. The van der Waals surface area contributed by atoms with E-state index in [2.05, 4.69) is 53.6 Å². The van der Waals surface area contributed by atoms with Crippen LogP contribution in [-0.4, -0.2) is 29.8 Å². The molecule has 0 atom stereocenters. The van der Waals surface area contributed by atoms with E-state index in [0.29, 0.717) is 16.6 Å². The highest BCUT2D eigenvalue weighted by molar-refractivity contribution is 6.77. The summed E-state index contributed by atoms with van der Waals surface area (Å²) in [6.45, 7) is 16.8. The van der Waals surface area contributed by atoms with Crippen molar-refractivity contribution in [2.24, 2.45) is 7.05 Å². The number of aryl methyl sites for hydroxylation is 1. The van der Waals surface area contributed by atoms with Crippen LogP contribution in [0, 0.1) is 6.92 Å². The van der Waals surface area contributed by atoms with Gasteiger partial charge in [0.1, 0.15) is 5.60 Å². The molecule has 5 heteroatoms. The average molecular weight is 367 g/mol. The van der Waals surface area contributed by atoms with E-state index in [1.54, 1.807) is 0 Å². The summed E-state index contributed by atoms with van der Waals surface area (Å²) < 4.78 is 8.64. The van der Waals surface area contributed by atoms with Crippen LogP contribution in [-0.2, 0) is 23.5 Å². The van der Waals surface area contributed by atoms with Crippen LogP contribution in [0.15, 0.2) is 0 Å². The Labute approximate surface area is 155 Å². The van der Waals surface area contributed by atoms with Gasteiger partial charge in [0.15, 0.2) is 8.32 Å². The van der Waals surface area contributed by atoms with Crippen molar-refractivity contribution in [1.82, 2.24) is 9.78 Å². The summed E-state index contributed by atoms with van der Waals surface area (Å²) in [5, 5.41) is 15.5. The number of aliphatic hydroxyl groups is 1. The van der Waals surface area contributed by atoms with Gasteiger partial charge in [0.2, 0.25) is 0 Å². The molecule has 144 valence electrons. The van der Waals surface area contributed by atoms with Gasteiger partial charge in [0, 0.05) is 24.9 Å². The first-order chi connectivity index (χ1) is 11.6. The van der Waals surface area contributed by atoms with Crippen LogP contribution < -0.4 is 0 Å². The van der Waals surface area contributed by atoms with Gasteiger partial charge in [0.25, 0.3) is 0 Å². The Morgan fingerprint density at radius 2 is 1.64 bits per heavy atom. The highest BCUT2D eigenvalue weighted by Gasteiger charge is 2.45. The van der Waals surface area contributed by atoms with Crippen LogP contribution in [0.25, 0.3) is 0 Å². The minimum absolute atomic E-state index is 0.595. The standard InChI is InChI=1S/C20H38N2O2Si/c1-14(2)25(15(3)4,16(5)6)24-13-10-18-17(7)22(8)21-19(18)20(23)11-9-12-20/h14-16,23H,9-13H2,1-8H3. The molecule has 1 aromatic rings. The minimum atomic E-state index is -1.84. The number of aromatic nitrogens is 2. The first-order valence-electron chi connectivity index (χ1n) is 9.95. The molecule has 1 aliphatic carbocycles. The van der Waals surface area contributed by atoms with E-state index in [1.807, 2.05) is 11.7 Å². The molecule has 1 fully saturated rings. The Hall–Kier alpha value is -0.653. The number of rotatable bonds is 8. The van der Waals surface area contributed by atoms with E-state index in [-0.39, 0.29) is 0 Å². The summed E-state index contributed by atoms with van der Waals surface area (Å²) in [6.07, 6.45) is 3.60. The Kier molecular flexibility index (Phi) is 6.22. The van der Waals surface area contributed by atoms with Crippen LogP contribution in [0.1, 0.15) is 77.8 Å². The first kappa shape index (κ1) is 20.7. The topological polar surface area (TPSA) is 47.3 Å². The summed E-state index contributed by atoms with van der Waals surface area (Å²) in [5.74, 6) is 0. The Morgan fingerprint density at radius 3 is 2.04 bits per heavy atom. The van der Waals surface area contributed by atoms with Gasteiger partial charge >= 0.3 is 0 Å². The normalized spacial score (nSPS) is 17.6. The minimum Gasteiger partial charge on any atom is -0.416 e. The summed E-state index contributed by atoms with van der Waals surface area (Å²) in [6, 6.07) is 0. The predicted molar refractivity (Wildman–Crippen MR) is 106 cm³/mol. The van der Waals surface area contributed by atoms with Crippen LogP contribution in [0.2, 0.25) is 16.6 Å². The van der Waals surface area contributed by atoms with Gasteiger partial charge in [0.05, 0.1) is 5.69 Å². The highest BCUT2D eigenvalue weighted by Crippen LogP contribution is 2.44. The van der Waals surface area contributed by atoms with Crippen molar-refractivity contribution >= 4 is 8.32 Å². The second kappa shape index (κ2) is 7.53. The molecule has 0 unspecified atom stereocenters. The average Bonchev–Trinajstić information content (AvgIpc) is 2.76. The molecule has 1 saturated carbocycles. The summed E-state index contributed by atoms with van der Waals surface area (Å²) in [5.41, 5.74) is 4.33. The Balaban J connectivity index is 2.18. The fraction of sp³-hybridized carbons (Fsp3) is 0.850. The third-order valence-corrected chi connectivity index (χ3v) is 12.6. The molecule has 0 saturated heterocycles. The molecule has 1 aliphatic rings. The molecule has 0 amide bonds. The maximum absolute atomic E-state index is 10.8. The van der Waals surface area contributed by atoms with Gasteiger partial charge in [-0.1, -0.05) is 41.5 Å². The molecule has 2 rings (SSSR count). The lowest BCUT2D eigenvalue weighted by Crippen LogP contribution is -2.48. The van der Waals surface area contributed by atoms with E-state index in [0.717, 1.165) is 43.7 Å². The molecule has 0 bridgehead atoms. The van der Waals surface area contributed by atoms with E-state index < -0.39 is 13.9 Å². The monoisotopic (exact) mass is 366 g/mol. The van der Waals surface area contributed by atoms with Crippen molar-refractivity contribution in [3.63, 3.8) is 0 Å². The second-order valence-electron chi connectivity index (χ2n) is 8.84. The molecule has 0 radical (unpaired) electrons. The maximum atomic E-state index is 10.8. The summed E-state index contributed by atoms with van der Waals surface area (Å²) in [7, 11) is 0.133. The quantitative estimate of drug-likeness (QED) is 0.670. The molecule has 25 heavy (non-hydrogen) atoms. The van der Waals surface area contributed by atoms with Crippen LogP contribution in [0.5, 0.6) is 0 Å². The van der Waals surface area contributed by atoms with Crippen LogP contribution >= 0.6 is 0 Å². The molecule has 0 aliphatic heterocycles. The number of hydrogen-bond acceptors (Lipinski definition) is 3. The van der Waals surface area contributed by atoms with E-state index in [1.165, 1.54) is 5.56 Å². The Bertz CT molecular complexity index is 567. The third-order valence-electron chi connectivity index (χ3n) is 6.49. The SMILES string of the molecule is Cc1c(CCO[Si](C(C)C)(C(C)C)C(C)C)c(C2(O)CCC2)nn1C. The maximum Gasteiger partial charge on any atom is 0.200 e. The van der Waals surface area contributed by atoms with Crippen molar-refractivity contribution in [3.05, 3.63) is 17.0 Å². The van der Waals surface area contributed by atoms with Crippen molar-refractivity contribution in [3.8, 4) is 0 Å². The fourth-order valence-electron chi connectivity index (χ4n) is 4.90. The van der Waals surface area contributed by atoms with Crippen molar-refractivity contribution in [2.75, 3.05) is 6.61 Å². The van der Waals surface area contributed by atoms with Crippen LogP contribution in [0.4, 0.5) is 0 Å². The Morgan fingerprint density at radius 1 is 1.12 bits per heavy atom. The van der Waals surface area contributed by atoms with Gasteiger partial charge < -0.3 is 9.53 Å². The van der Waals surface area contributed by atoms with Crippen molar-refractivity contribution in [1.29, 1.82) is 0 Å². The lowest BCUT2D eigenvalue weighted by atomic mass is 9.76. The predicted octanol–water partition coefficient (Wildman–Crippen LogP) is 4.83. The van der Waals surface area contributed by atoms with Gasteiger partial charge in [-0.25, -0.2) is 0 Å². The zero-order valence-corrected chi connectivity index (χ0v) is 18.5. The molecular formula is C20H38N2O2Si. The van der Waals surface area contributed by atoms with Crippen molar-refractivity contribution < 1.29 is 9.53 Å². The van der Waals surface area contributed by atoms with Gasteiger partial charge in [-0.05, 0) is 49.2 Å². The molecule has 4 nitrogen and oxygen atoms in total. The van der Waals surface area contributed by atoms with E-state index in [4.69, 9.17) is 4.43 Å². The zero-order chi connectivity index (χ0) is 19.0. The van der Waals surface area contributed by atoms with E-state index >= 15 is 0 Å². The third kappa shape index (κ3) is 3.60. The summed E-state index contributed by atoms with van der Waals surface area (Å²) in [4.78, 5) is 0. The van der Waals surface area contributed by atoms with Gasteiger partial charge in [-0.3, -0.25) is 4.68 Å². The molecule has 1 aromatic heterocycles. The smallest absolute Gasteiger partial charge is 0.200 e. The van der Waals surface area contributed by atoms with Gasteiger partial charge in [-0.15, -0.1) is 0 Å². The molecular weight excluding hydrogens is 328 g/mol. The van der Waals surface area contributed by atoms with Crippen LogP contribution in [0.3, 0.4) is 0 Å². The zero-order valence-electron chi connectivity index (χ0n) is 17.5. The molecule has 1 heterocycles. The largest absolute Gasteiger partial charge is 0.416 e. The molecule has 1 N–H and O–H groups in total. The summed E-state index contributed by atoms with van der Waals surface area (Å²) >= 11 is 0. The fourth-order valence-corrected chi connectivity index (χ4v) is 10.4. The van der Waals surface area contributed by atoms with E-state index in [9.17, 15) is 5.11 Å². The number of nitrogens with zero attached hydrogens (tertiary/aromatic N) is 2. The van der Waals surface area contributed by atoms with Crippen molar-refractivity contribution in [2.45, 2.75) is 96.4 Å². The van der Waals surface area contributed by atoms with Gasteiger partial charge in [-0.2, -0.15) is 5.10 Å². The lowest BCUT2D eigenvalue weighted by Gasteiger charge is -2.42. The molecule has 0 spiro atoms. The lowest BCUT2D eigenvalue weighted by molar-refractivity contribution is -0.0438. The first-order valence-corrected chi connectivity index (χ1v) is 12.1.